The molecule has 0 heterocycles. The maximum absolute atomic E-state index is 12.7. The molecule has 1 atom stereocenters. The summed E-state index contributed by atoms with van der Waals surface area (Å²) >= 11 is 0. The van der Waals surface area contributed by atoms with Crippen LogP contribution in [0.25, 0.3) is 0 Å². The molecule has 0 aromatic heterocycles. The van der Waals surface area contributed by atoms with E-state index in [2.05, 4.69) is 0 Å². The van der Waals surface area contributed by atoms with Crippen LogP contribution in [-0.2, 0) is 11.2 Å². The minimum Gasteiger partial charge on any atom is -0.363 e. The zero-order valence-electron chi connectivity index (χ0n) is 9.79. The molecule has 0 saturated heterocycles. The lowest BCUT2D eigenvalue weighted by Crippen LogP contribution is -2.58. The standard InChI is InChI=1S/C12H14F3NO2/c1-9(17)16-11(18,12(13,14)15)8-7-10-5-3-2-4-6-10/h2-6,18H,7-8H2,1H3,(H,16,17). The van der Waals surface area contributed by atoms with Crippen molar-refractivity contribution in [3.8, 4) is 0 Å². The van der Waals surface area contributed by atoms with Crippen LogP contribution in [0.5, 0.6) is 0 Å². The summed E-state index contributed by atoms with van der Waals surface area (Å²) in [5.41, 5.74) is -2.53. The molecule has 0 aliphatic carbocycles. The van der Waals surface area contributed by atoms with E-state index >= 15 is 0 Å². The lowest BCUT2D eigenvalue weighted by Gasteiger charge is -2.30. The van der Waals surface area contributed by atoms with E-state index in [9.17, 15) is 23.1 Å². The molecule has 18 heavy (non-hydrogen) atoms. The summed E-state index contributed by atoms with van der Waals surface area (Å²) in [5, 5.41) is 11.1. The quantitative estimate of drug-likeness (QED) is 0.814. The smallest absolute Gasteiger partial charge is 0.363 e. The summed E-state index contributed by atoms with van der Waals surface area (Å²) < 4.78 is 38.1. The average molecular weight is 261 g/mol. The number of carbonyl (C=O) groups excluding carboxylic acids is 1. The van der Waals surface area contributed by atoms with Crippen LogP contribution < -0.4 is 5.32 Å². The number of aliphatic hydroxyl groups is 1. The maximum atomic E-state index is 12.7. The Bertz CT molecular complexity index is 406. The van der Waals surface area contributed by atoms with Gasteiger partial charge in [-0.15, -0.1) is 0 Å². The normalized spacial score (nSPS) is 14.9. The van der Waals surface area contributed by atoms with E-state index in [4.69, 9.17) is 0 Å². The third-order valence-electron chi connectivity index (χ3n) is 2.47. The highest BCUT2D eigenvalue weighted by Crippen LogP contribution is 2.32. The van der Waals surface area contributed by atoms with Crippen LogP contribution in [0.3, 0.4) is 0 Å². The molecule has 2 N–H and O–H groups in total. The Hall–Kier alpha value is -1.56. The number of carbonyl (C=O) groups is 1. The number of halogens is 3. The highest BCUT2D eigenvalue weighted by atomic mass is 19.4. The molecular weight excluding hydrogens is 247 g/mol. The number of nitrogens with one attached hydrogen (secondary N) is 1. The molecule has 100 valence electrons. The van der Waals surface area contributed by atoms with Gasteiger partial charge in [-0.2, -0.15) is 13.2 Å². The molecule has 6 heteroatoms. The van der Waals surface area contributed by atoms with Gasteiger partial charge in [-0.3, -0.25) is 4.79 Å². The van der Waals surface area contributed by atoms with E-state index < -0.39 is 24.2 Å². The molecule has 0 spiro atoms. The second-order valence-corrected chi connectivity index (χ2v) is 4.02. The topological polar surface area (TPSA) is 49.3 Å². The Morgan fingerprint density at radius 3 is 2.28 bits per heavy atom. The van der Waals surface area contributed by atoms with Gasteiger partial charge in [0.05, 0.1) is 0 Å². The van der Waals surface area contributed by atoms with Gasteiger partial charge < -0.3 is 10.4 Å². The van der Waals surface area contributed by atoms with Crippen LogP contribution in [0.1, 0.15) is 18.9 Å². The fraction of sp³-hybridized carbons (Fsp3) is 0.417. The zero-order chi connectivity index (χ0) is 13.8. The highest BCUT2D eigenvalue weighted by Gasteiger charge is 2.54. The van der Waals surface area contributed by atoms with Crippen molar-refractivity contribution in [2.75, 3.05) is 0 Å². The van der Waals surface area contributed by atoms with Crippen molar-refractivity contribution in [1.82, 2.24) is 5.32 Å². The number of amides is 1. The number of hydrogen-bond donors (Lipinski definition) is 2. The first-order valence-corrected chi connectivity index (χ1v) is 5.36. The van der Waals surface area contributed by atoms with Crippen molar-refractivity contribution in [3.63, 3.8) is 0 Å². The molecule has 1 aromatic carbocycles. The van der Waals surface area contributed by atoms with Crippen molar-refractivity contribution in [2.24, 2.45) is 0 Å². The molecule has 0 bridgehead atoms. The maximum Gasteiger partial charge on any atom is 0.436 e. The molecule has 0 aliphatic heterocycles. The monoisotopic (exact) mass is 261 g/mol. The number of hydrogen-bond acceptors (Lipinski definition) is 2. The summed E-state index contributed by atoms with van der Waals surface area (Å²) in [5.74, 6) is -0.928. The van der Waals surface area contributed by atoms with Gasteiger partial charge in [-0.1, -0.05) is 30.3 Å². The van der Waals surface area contributed by atoms with E-state index in [0.717, 1.165) is 6.92 Å². The van der Waals surface area contributed by atoms with E-state index in [1.54, 1.807) is 35.6 Å². The fourth-order valence-corrected chi connectivity index (χ4v) is 1.54. The summed E-state index contributed by atoms with van der Waals surface area (Å²) in [7, 11) is 0. The molecule has 1 rings (SSSR count). The Morgan fingerprint density at radius 1 is 1.28 bits per heavy atom. The molecular formula is C12H14F3NO2. The molecule has 3 nitrogen and oxygen atoms in total. The molecule has 1 unspecified atom stereocenters. The van der Waals surface area contributed by atoms with Crippen molar-refractivity contribution >= 4 is 5.91 Å². The van der Waals surface area contributed by atoms with Gasteiger partial charge in [0.25, 0.3) is 0 Å². The van der Waals surface area contributed by atoms with Crippen LogP contribution in [0.15, 0.2) is 30.3 Å². The van der Waals surface area contributed by atoms with E-state index in [0.29, 0.717) is 5.56 Å². The first-order chi connectivity index (χ1) is 8.24. The molecule has 0 radical (unpaired) electrons. The largest absolute Gasteiger partial charge is 0.436 e. The van der Waals surface area contributed by atoms with Gasteiger partial charge in [0.2, 0.25) is 11.6 Å². The second-order valence-electron chi connectivity index (χ2n) is 4.02. The van der Waals surface area contributed by atoms with E-state index in [-0.39, 0.29) is 6.42 Å². The fourth-order valence-electron chi connectivity index (χ4n) is 1.54. The Kier molecular flexibility index (Phi) is 4.34. The first kappa shape index (κ1) is 14.5. The molecule has 1 aromatic rings. The van der Waals surface area contributed by atoms with E-state index in [1.807, 2.05) is 0 Å². The van der Waals surface area contributed by atoms with Gasteiger partial charge in [0.15, 0.2) is 0 Å². The minimum atomic E-state index is -4.91. The van der Waals surface area contributed by atoms with E-state index in [1.165, 1.54) is 0 Å². The number of benzene rings is 1. The third kappa shape index (κ3) is 3.73. The van der Waals surface area contributed by atoms with Crippen LogP contribution in [0.2, 0.25) is 0 Å². The lowest BCUT2D eigenvalue weighted by molar-refractivity contribution is -0.272. The summed E-state index contributed by atoms with van der Waals surface area (Å²) in [6.45, 7) is 0.930. The van der Waals surface area contributed by atoms with Crippen molar-refractivity contribution < 1.29 is 23.1 Å². The summed E-state index contributed by atoms with van der Waals surface area (Å²) in [4.78, 5) is 10.7. The number of aryl methyl sites for hydroxylation is 1. The minimum absolute atomic E-state index is 0.0110. The molecule has 1 amide bonds. The van der Waals surface area contributed by atoms with Crippen molar-refractivity contribution in [1.29, 1.82) is 0 Å². The van der Waals surface area contributed by atoms with Gasteiger partial charge in [0.1, 0.15) is 0 Å². The SMILES string of the molecule is CC(=O)NC(O)(CCc1ccccc1)C(F)(F)F. The summed E-state index contributed by atoms with van der Waals surface area (Å²) in [6, 6.07) is 8.45. The third-order valence-corrected chi connectivity index (χ3v) is 2.47. The predicted octanol–water partition coefficient (Wildman–Crippen LogP) is 2.01. The molecule has 0 aliphatic rings. The van der Waals surface area contributed by atoms with Crippen molar-refractivity contribution in [3.05, 3.63) is 35.9 Å². The Balaban J connectivity index is 2.77. The van der Waals surface area contributed by atoms with Crippen LogP contribution in [0.4, 0.5) is 13.2 Å². The Labute approximate surface area is 103 Å². The lowest BCUT2D eigenvalue weighted by atomic mass is 10.0. The number of alkyl halides is 3. The van der Waals surface area contributed by atoms with Gasteiger partial charge in [-0.25, -0.2) is 0 Å². The van der Waals surface area contributed by atoms with Gasteiger partial charge in [0, 0.05) is 13.3 Å². The molecule has 0 saturated carbocycles. The van der Waals surface area contributed by atoms with Gasteiger partial charge >= 0.3 is 6.18 Å². The predicted molar refractivity (Wildman–Crippen MR) is 59.6 cm³/mol. The van der Waals surface area contributed by atoms with Crippen LogP contribution in [0, 0.1) is 0 Å². The first-order valence-electron chi connectivity index (χ1n) is 5.36. The summed E-state index contributed by atoms with van der Waals surface area (Å²) in [6.07, 6.45) is -5.52. The van der Waals surface area contributed by atoms with Crippen LogP contribution >= 0.6 is 0 Å². The average Bonchev–Trinajstić information content (AvgIpc) is 2.25. The Morgan fingerprint density at radius 2 is 1.83 bits per heavy atom. The number of rotatable bonds is 4. The zero-order valence-corrected chi connectivity index (χ0v) is 9.79. The van der Waals surface area contributed by atoms with Crippen LogP contribution in [-0.4, -0.2) is 22.9 Å². The van der Waals surface area contributed by atoms with Crippen molar-refractivity contribution in [2.45, 2.75) is 31.7 Å². The van der Waals surface area contributed by atoms with Gasteiger partial charge in [-0.05, 0) is 12.0 Å². The second kappa shape index (κ2) is 5.39. The molecule has 0 fully saturated rings. The highest BCUT2D eigenvalue weighted by molar-refractivity contribution is 5.73.